The topological polar surface area (TPSA) is 30.2 Å². The highest BCUT2D eigenvalue weighted by Gasteiger charge is 2.19. The zero-order valence-corrected chi connectivity index (χ0v) is 15.5. The molecule has 4 aromatic rings. The van der Waals surface area contributed by atoms with Crippen LogP contribution in [0.1, 0.15) is 25.2 Å². The van der Waals surface area contributed by atoms with Gasteiger partial charge in [0.15, 0.2) is 5.65 Å². The summed E-state index contributed by atoms with van der Waals surface area (Å²) >= 11 is 0. The summed E-state index contributed by atoms with van der Waals surface area (Å²) in [5, 5.41) is 5.00. The van der Waals surface area contributed by atoms with E-state index in [-0.39, 0.29) is 0 Å². The Morgan fingerprint density at radius 2 is 1.50 bits per heavy atom. The maximum Gasteiger partial charge on any atom is 0.164 e. The van der Waals surface area contributed by atoms with Crippen LogP contribution in [0.2, 0.25) is 0 Å². The standard InChI is InChI=1S/C23H23N3/c1-16(2)14-20-22(19-12-8-5-9-13-19)23-24-17(3)15-21(26(23)25-20)18-10-6-4-7-11-18/h4-13,15-16H,14H2,1-3H3. The summed E-state index contributed by atoms with van der Waals surface area (Å²) < 4.78 is 2.02. The Labute approximate surface area is 154 Å². The van der Waals surface area contributed by atoms with Gasteiger partial charge in [-0.25, -0.2) is 9.50 Å². The van der Waals surface area contributed by atoms with E-state index in [2.05, 4.69) is 75.4 Å². The van der Waals surface area contributed by atoms with Crippen molar-refractivity contribution in [3.63, 3.8) is 0 Å². The molecule has 0 saturated carbocycles. The number of hydrogen-bond acceptors (Lipinski definition) is 2. The van der Waals surface area contributed by atoms with Crippen molar-refractivity contribution in [3.05, 3.63) is 78.1 Å². The summed E-state index contributed by atoms with van der Waals surface area (Å²) in [5.41, 5.74) is 7.62. The molecular weight excluding hydrogens is 318 g/mol. The smallest absolute Gasteiger partial charge is 0.164 e. The summed E-state index contributed by atoms with van der Waals surface area (Å²) in [6.45, 7) is 6.52. The number of aryl methyl sites for hydroxylation is 1. The van der Waals surface area contributed by atoms with Gasteiger partial charge in [0, 0.05) is 16.8 Å². The number of aromatic nitrogens is 3. The first-order valence-electron chi connectivity index (χ1n) is 9.13. The van der Waals surface area contributed by atoms with Gasteiger partial charge in [-0.2, -0.15) is 5.10 Å². The van der Waals surface area contributed by atoms with Crippen LogP contribution in [0.3, 0.4) is 0 Å². The highest BCUT2D eigenvalue weighted by Crippen LogP contribution is 2.32. The largest absolute Gasteiger partial charge is 0.233 e. The zero-order valence-electron chi connectivity index (χ0n) is 15.5. The predicted molar refractivity (Wildman–Crippen MR) is 107 cm³/mol. The molecule has 0 saturated heterocycles. The predicted octanol–water partition coefficient (Wildman–Crippen LogP) is 5.57. The summed E-state index contributed by atoms with van der Waals surface area (Å²) in [6.07, 6.45) is 0.931. The summed E-state index contributed by atoms with van der Waals surface area (Å²) in [5.74, 6) is 0.531. The molecule has 0 amide bonds. The van der Waals surface area contributed by atoms with E-state index in [0.717, 1.165) is 40.3 Å². The van der Waals surface area contributed by atoms with Crippen LogP contribution < -0.4 is 0 Å². The monoisotopic (exact) mass is 341 g/mol. The third-order valence-electron chi connectivity index (χ3n) is 4.52. The van der Waals surface area contributed by atoms with Crippen LogP contribution in [-0.4, -0.2) is 14.6 Å². The van der Waals surface area contributed by atoms with Gasteiger partial charge in [-0.15, -0.1) is 0 Å². The van der Waals surface area contributed by atoms with Gasteiger partial charge >= 0.3 is 0 Å². The lowest BCUT2D eigenvalue weighted by Crippen LogP contribution is -1.99. The third-order valence-corrected chi connectivity index (χ3v) is 4.52. The van der Waals surface area contributed by atoms with E-state index in [9.17, 15) is 0 Å². The first-order chi connectivity index (χ1) is 12.6. The molecule has 3 heteroatoms. The number of hydrogen-bond donors (Lipinski definition) is 0. The van der Waals surface area contributed by atoms with Crippen molar-refractivity contribution in [1.29, 1.82) is 0 Å². The fourth-order valence-corrected chi connectivity index (χ4v) is 3.43. The number of fused-ring (bicyclic) bond motifs is 1. The Kier molecular flexibility index (Phi) is 4.29. The fraction of sp³-hybridized carbons (Fsp3) is 0.217. The first-order valence-corrected chi connectivity index (χ1v) is 9.13. The van der Waals surface area contributed by atoms with E-state index in [1.54, 1.807) is 0 Å². The van der Waals surface area contributed by atoms with E-state index in [0.29, 0.717) is 5.92 Å². The van der Waals surface area contributed by atoms with Crippen molar-refractivity contribution < 1.29 is 0 Å². The van der Waals surface area contributed by atoms with Crippen LogP contribution in [-0.2, 0) is 6.42 Å². The number of rotatable bonds is 4. The minimum Gasteiger partial charge on any atom is -0.233 e. The molecule has 4 rings (SSSR count). The molecule has 0 fully saturated rings. The third kappa shape index (κ3) is 3.01. The summed E-state index contributed by atoms with van der Waals surface area (Å²) in [6, 6.07) is 23.0. The molecule has 0 aliphatic heterocycles. The van der Waals surface area contributed by atoms with Crippen molar-refractivity contribution in [2.75, 3.05) is 0 Å². The maximum atomic E-state index is 5.00. The molecule has 2 aromatic carbocycles. The zero-order chi connectivity index (χ0) is 18.1. The second kappa shape index (κ2) is 6.75. The summed E-state index contributed by atoms with van der Waals surface area (Å²) in [4.78, 5) is 4.87. The van der Waals surface area contributed by atoms with Crippen LogP contribution in [0.25, 0.3) is 28.0 Å². The fourth-order valence-electron chi connectivity index (χ4n) is 3.43. The Morgan fingerprint density at radius 3 is 2.12 bits per heavy atom. The molecule has 0 spiro atoms. The minimum atomic E-state index is 0.531. The van der Waals surface area contributed by atoms with Crippen LogP contribution in [0.4, 0.5) is 0 Å². The van der Waals surface area contributed by atoms with Crippen molar-refractivity contribution in [2.24, 2.45) is 5.92 Å². The minimum absolute atomic E-state index is 0.531. The Morgan fingerprint density at radius 1 is 0.885 bits per heavy atom. The lowest BCUT2D eigenvalue weighted by atomic mass is 10.00. The molecule has 0 radical (unpaired) electrons. The van der Waals surface area contributed by atoms with Gasteiger partial charge in [0.2, 0.25) is 0 Å². The second-order valence-electron chi connectivity index (χ2n) is 7.17. The first kappa shape index (κ1) is 16.5. The van der Waals surface area contributed by atoms with Gasteiger partial charge in [-0.3, -0.25) is 0 Å². The molecule has 3 nitrogen and oxygen atoms in total. The second-order valence-corrected chi connectivity index (χ2v) is 7.17. The summed E-state index contributed by atoms with van der Waals surface area (Å²) in [7, 11) is 0. The van der Waals surface area contributed by atoms with Crippen molar-refractivity contribution >= 4 is 5.65 Å². The SMILES string of the molecule is Cc1cc(-c2ccccc2)n2nc(CC(C)C)c(-c3ccccc3)c2n1. The highest BCUT2D eigenvalue weighted by molar-refractivity contribution is 5.82. The number of benzene rings is 2. The van der Waals surface area contributed by atoms with Gasteiger partial charge in [-0.05, 0) is 30.9 Å². The molecule has 0 aliphatic rings. The molecule has 0 atom stereocenters. The van der Waals surface area contributed by atoms with Crippen LogP contribution in [0, 0.1) is 12.8 Å². The van der Waals surface area contributed by atoms with Crippen molar-refractivity contribution in [2.45, 2.75) is 27.2 Å². The molecular formula is C23H23N3. The average molecular weight is 341 g/mol. The Hall–Kier alpha value is -2.94. The van der Waals surface area contributed by atoms with E-state index < -0.39 is 0 Å². The quantitative estimate of drug-likeness (QED) is 0.486. The van der Waals surface area contributed by atoms with Gasteiger partial charge in [0.25, 0.3) is 0 Å². The molecule has 130 valence electrons. The highest BCUT2D eigenvalue weighted by atomic mass is 15.3. The van der Waals surface area contributed by atoms with Crippen molar-refractivity contribution in [1.82, 2.24) is 14.6 Å². The molecule has 0 N–H and O–H groups in total. The molecule has 0 unspecified atom stereocenters. The maximum absolute atomic E-state index is 5.00. The van der Waals surface area contributed by atoms with Gasteiger partial charge in [0.1, 0.15) is 0 Å². The van der Waals surface area contributed by atoms with Gasteiger partial charge in [0.05, 0.1) is 11.4 Å². The normalized spacial score (nSPS) is 11.4. The molecule has 2 aromatic heterocycles. The molecule has 0 bridgehead atoms. The molecule has 26 heavy (non-hydrogen) atoms. The van der Waals surface area contributed by atoms with Gasteiger partial charge < -0.3 is 0 Å². The van der Waals surface area contributed by atoms with E-state index in [1.807, 2.05) is 16.6 Å². The molecule has 2 heterocycles. The van der Waals surface area contributed by atoms with Crippen LogP contribution in [0.5, 0.6) is 0 Å². The van der Waals surface area contributed by atoms with Crippen molar-refractivity contribution in [3.8, 4) is 22.4 Å². The Bertz CT molecular complexity index is 1030. The Balaban J connectivity index is 2.04. The van der Waals surface area contributed by atoms with Gasteiger partial charge in [-0.1, -0.05) is 74.5 Å². The van der Waals surface area contributed by atoms with E-state index in [1.165, 1.54) is 5.56 Å². The lowest BCUT2D eigenvalue weighted by molar-refractivity contribution is 0.631. The number of nitrogens with zero attached hydrogens (tertiary/aromatic N) is 3. The van der Waals surface area contributed by atoms with Crippen LogP contribution in [0.15, 0.2) is 66.7 Å². The molecule has 0 aliphatic carbocycles. The van der Waals surface area contributed by atoms with E-state index >= 15 is 0 Å². The van der Waals surface area contributed by atoms with E-state index in [4.69, 9.17) is 10.1 Å². The van der Waals surface area contributed by atoms with Crippen LogP contribution >= 0.6 is 0 Å². The lowest BCUT2D eigenvalue weighted by Gasteiger charge is -2.07. The average Bonchev–Trinajstić information content (AvgIpc) is 2.99.